The molecule has 9 heteroatoms. The number of anilines is 1. The topological polar surface area (TPSA) is 77.1 Å². The lowest BCUT2D eigenvalue weighted by Gasteiger charge is -2.48. The predicted molar refractivity (Wildman–Crippen MR) is 167 cm³/mol. The van der Waals surface area contributed by atoms with Crippen LogP contribution in [0.5, 0.6) is 5.75 Å². The largest absolute Gasteiger partial charge is 0.490 e. The number of benzene rings is 2. The maximum Gasteiger partial charge on any atom is 0.262 e. The molecule has 0 aromatic heterocycles. The Hall–Kier alpha value is -2.26. The third-order valence-electron chi connectivity index (χ3n) is 10.4. The summed E-state index contributed by atoms with van der Waals surface area (Å²) >= 11 is 6.42. The molecule has 7 atom stereocenters. The van der Waals surface area contributed by atoms with E-state index in [9.17, 15) is 9.00 Å². The van der Waals surface area contributed by atoms with Crippen LogP contribution in [0.15, 0.2) is 36.4 Å². The second-order valence-corrected chi connectivity index (χ2v) is 15.9. The average Bonchev–Trinajstić information content (AvgIpc) is 3.09. The molecule has 1 N–H and O–H groups in total. The minimum Gasteiger partial charge on any atom is -0.490 e. The summed E-state index contributed by atoms with van der Waals surface area (Å²) in [4.78, 5) is 15.8. The summed E-state index contributed by atoms with van der Waals surface area (Å²) in [5, 5.41) is 0.771. The zero-order valence-electron chi connectivity index (χ0n) is 24.3. The van der Waals surface area contributed by atoms with Gasteiger partial charge >= 0.3 is 0 Å². The highest BCUT2D eigenvalue weighted by Crippen LogP contribution is 2.47. The van der Waals surface area contributed by atoms with Crippen LogP contribution in [0.2, 0.25) is 5.02 Å². The van der Waals surface area contributed by atoms with Gasteiger partial charge in [0.1, 0.15) is 5.75 Å². The van der Waals surface area contributed by atoms with Crippen LogP contribution in [-0.4, -0.2) is 66.9 Å². The Kier molecular flexibility index (Phi) is 7.48. The highest BCUT2D eigenvalue weighted by molar-refractivity contribution is 7.99. The molecule has 2 aliphatic carbocycles. The van der Waals surface area contributed by atoms with Crippen molar-refractivity contribution in [3.8, 4) is 5.75 Å². The van der Waals surface area contributed by atoms with Crippen molar-refractivity contribution in [1.82, 2.24) is 4.72 Å². The molecule has 7 nitrogen and oxygen atoms in total. The maximum absolute atomic E-state index is 13.4. The van der Waals surface area contributed by atoms with Gasteiger partial charge in [0, 0.05) is 51.1 Å². The van der Waals surface area contributed by atoms with E-state index in [4.69, 9.17) is 25.8 Å². The number of ether oxygens (including phenoxy) is 3. The van der Waals surface area contributed by atoms with Crippen molar-refractivity contribution in [1.29, 1.82) is 0 Å². The van der Waals surface area contributed by atoms with Gasteiger partial charge in [-0.2, -0.15) is 0 Å². The Morgan fingerprint density at radius 3 is 2.86 bits per heavy atom. The Morgan fingerprint density at radius 1 is 1.14 bits per heavy atom. The van der Waals surface area contributed by atoms with Crippen LogP contribution < -0.4 is 14.4 Å². The number of carbonyl (C=O) groups is 1. The molecular weight excluding hydrogens is 572 g/mol. The zero-order valence-corrected chi connectivity index (χ0v) is 25.9. The van der Waals surface area contributed by atoms with Gasteiger partial charge in [-0.15, -0.1) is 0 Å². The normalized spacial score (nSPS) is 36.5. The molecule has 3 aliphatic heterocycles. The van der Waals surface area contributed by atoms with Crippen LogP contribution in [0, 0.1) is 17.8 Å². The Balaban J connectivity index is 1.28. The van der Waals surface area contributed by atoms with Gasteiger partial charge in [-0.1, -0.05) is 24.6 Å². The highest BCUT2D eigenvalue weighted by Gasteiger charge is 2.46. The van der Waals surface area contributed by atoms with Gasteiger partial charge in [0.25, 0.3) is 5.91 Å². The van der Waals surface area contributed by atoms with Gasteiger partial charge < -0.3 is 19.1 Å². The van der Waals surface area contributed by atoms with Crippen molar-refractivity contribution in [3.63, 3.8) is 0 Å². The van der Waals surface area contributed by atoms with Crippen molar-refractivity contribution < 1.29 is 23.2 Å². The molecule has 2 aromatic carbocycles. The van der Waals surface area contributed by atoms with Crippen molar-refractivity contribution in [2.45, 2.75) is 63.1 Å². The number of rotatable bonds is 0. The summed E-state index contributed by atoms with van der Waals surface area (Å²) in [6.45, 7) is 5.34. The molecule has 2 aromatic rings. The number of hydrogen-bond donors (Lipinski definition) is 1. The van der Waals surface area contributed by atoms with Crippen LogP contribution in [-0.2, 0) is 31.0 Å². The van der Waals surface area contributed by atoms with Crippen molar-refractivity contribution in [2.24, 2.45) is 17.8 Å². The molecule has 226 valence electrons. The first-order chi connectivity index (χ1) is 20.2. The van der Waals surface area contributed by atoms with Gasteiger partial charge in [-0.3, -0.25) is 9.52 Å². The standard InChI is InChI=1S/C33H41ClN2O5S/c1-21-18-40-31-16-30(21)39-12-13-42(2,38)35-32(37)23-6-10-29-28(15-23)36(17-24-5-8-26(24)31)19-33(20-41-29)11-3-4-22-14-25(34)7-9-27(22)33/h6-7,9-10,14-15,21,24,26,30-31H,2-5,8,11-13,16-20H2,1H3,(H,35,37,38)/t21-,24-,26+,30-,31-,33-,42?/m0/s1. The molecule has 0 radical (unpaired) electrons. The fourth-order valence-corrected chi connectivity index (χ4v) is 9.02. The molecule has 4 bridgehead atoms. The molecule has 2 fully saturated rings. The summed E-state index contributed by atoms with van der Waals surface area (Å²) < 4.78 is 35.3. The summed E-state index contributed by atoms with van der Waals surface area (Å²) in [5.74, 6) is 5.63. The number of nitrogens with zero attached hydrogens (tertiary/aromatic N) is 1. The molecule has 1 amide bonds. The van der Waals surface area contributed by atoms with Crippen LogP contribution >= 0.6 is 11.6 Å². The van der Waals surface area contributed by atoms with E-state index in [1.165, 1.54) is 11.1 Å². The Morgan fingerprint density at radius 2 is 2.02 bits per heavy atom. The number of hydrogen-bond acceptors (Lipinski definition) is 6. The number of nitrogens with one attached hydrogen (secondary N) is 1. The van der Waals surface area contributed by atoms with Crippen LogP contribution in [0.4, 0.5) is 5.69 Å². The van der Waals surface area contributed by atoms with E-state index in [0.717, 1.165) is 68.1 Å². The van der Waals surface area contributed by atoms with Crippen LogP contribution in [0.3, 0.4) is 0 Å². The second kappa shape index (κ2) is 11.0. The number of carbonyl (C=O) groups excluding carboxylic acids is 1. The van der Waals surface area contributed by atoms with Gasteiger partial charge in [-0.05, 0) is 91.3 Å². The molecule has 1 spiro atoms. The second-order valence-electron chi connectivity index (χ2n) is 13.2. The lowest BCUT2D eigenvalue weighted by Crippen LogP contribution is -2.51. The molecule has 7 rings (SSSR count). The fourth-order valence-electron chi connectivity index (χ4n) is 7.91. The van der Waals surface area contributed by atoms with E-state index in [-0.39, 0.29) is 35.2 Å². The SMILES string of the molecule is C=S1(=O)CCO[C@H]2C[C@H](OC[C@@H]2C)[C@@H]2CC[C@H]2CN2C[C@@]3(CCCc4cc(Cl)ccc43)COc3ccc(cc32)C(=O)N1. The first kappa shape index (κ1) is 28.5. The molecule has 3 heterocycles. The monoisotopic (exact) mass is 612 g/mol. The number of halogens is 1. The van der Waals surface area contributed by atoms with E-state index in [0.29, 0.717) is 37.2 Å². The Bertz CT molecular complexity index is 1480. The molecule has 1 saturated carbocycles. The lowest BCUT2D eigenvalue weighted by molar-refractivity contribution is -0.139. The zero-order chi connectivity index (χ0) is 29.1. The quantitative estimate of drug-likeness (QED) is 0.421. The number of aryl methyl sites for hydroxylation is 1. The summed E-state index contributed by atoms with van der Waals surface area (Å²) in [7, 11) is -2.87. The van der Waals surface area contributed by atoms with E-state index in [1.807, 2.05) is 18.2 Å². The average molecular weight is 613 g/mol. The first-order valence-corrected chi connectivity index (χ1v) is 17.7. The molecule has 42 heavy (non-hydrogen) atoms. The first-order valence-electron chi connectivity index (χ1n) is 15.4. The minimum atomic E-state index is -2.87. The smallest absolute Gasteiger partial charge is 0.262 e. The maximum atomic E-state index is 13.4. The van der Waals surface area contributed by atoms with Crippen molar-refractivity contribution in [3.05, 3.63) is 58.1 Å². The third kappa shape index (κ3) is 5.33. The van der Waals surface area contributed by atoms with E-state index >= 15 is 0 Å². The predicted octanol–water partition coefficient (Wildman–Crippen LogP) is 5.02. The van der Waals surface area contributed by atoms with Crippen LogP contribution in [0.1, 0.15) is 60.5 Å². The van der Waals surface area contributed by atoms with Crippen molar-refractivity contribution in [2.75, 3.05) is 43.6 Å². The summed E-state index contributed by atoms with van der Waals surface area (Å²) in [5.41, 5.74) is 3.82. The molecule has 1 unspecified atom stereocenters. The lowest BCUT2D eigenvalue weighted by atomic mass is 9.67. The highest BCUT2D eigenvalue weighted by atomic mass is 35.5. The summed E-state index contributed by atoms with van der Waals surface area (Å²) in [6, 6.07) is 11.9. The van der Waals surface area contributed by atoms with E-state index in [2.05, 4.69) is 34.5 Å². The van der Waals surface area contributed by atoms with E-state index in [1.54, 1.807) is 6.07 Å². The third-order valence-corrected chi connectivity index (χ3v) is 12.0. The molecular formula is C33H41ClN2O5S. The van der Waals surface area contributed by atoms with Crippen LogP contribution in [0.25, 0.3) is 0 Å². The van der Waals surface area contributed by atoms with Gasteiger partial charge in [-0.25, -0.2) is 4.21 Å². The van der Waals surface area contributed by atoms with E-state index < -0.39 is 9.71 Å². The van der Waals surface area contributed by atoms with Crippen molar-refractivity contribution >= 4 is 38.8 Å². The molecule has 1 saturated heterocycles. The van der Waals surface area contributed by atoms with Gasteiger partial charge in [0.2, 0.25) is 0 Å². The van der Waals surface area contributed by atoms with Gasteiger partial charge in [0.15, 0.2) is 0 Å². The number of amides is 1. The molecule has 5 aliphatic rings. The summed E-state index contributed by atoms with van der Waals surface area (Å²) in [6.07, 6.45) is 6.47. The minimum absolute atomic E-state index is 0.0450. The number of fused-ring (bicyclic) bond motifs is 7. The van der Waals surface area contributed by atoms with Gasteiger partial charge in [0.05, 0.1) is 43.5 Å². The fraction of sp³-hybridized carbons (Fsp3) is 0.576. The Labute approximate surface area is 254 Å².